The van der Waals surface area contributed by atoms with Crippen LogP contribution in [0.5, 0.6) is 5.75 Å². The second-order valence-electron chi connectivity index (χ2n) is 6.23. The number of primary amides is 1. The molecule has 0 aromatic heterocycles. The molecule has 1 aliphatic heterocycles. The molecule has 2 aromatic rings. The van der Waals surface area contributed by atoms with Gasteiger partial charge < -0.3 is 10.5 Å². The normalized spacial score (nSPS) is 14.5. The number of carbonyl (C=O) groups excluding carboxylic acids is 1. The molecule has 7 nitrogen and oxygen atoms in total. The third-order valence-corrected chi connectivity index (χ3v) is 6.21. The molecule has 0 fully saturated rings. The number of aryl methyl sites for hydroxylation is 1. The highest BCUT2D eigenvalue weighted by Gasteiger charge is 2.27. The van der Waals surface area contributed by atoms with Crippen molar-refractivity contribution in [1.29, 1.82) is 5.26 Å². The molecular weight excluding hydrogens is 366 g/mol. The Balaban J connectivity index is 1.87. The zero-order valence-corrected chi connectivity index (χ0v) is 15.4. The van der Waals surface area contributed by atoms with Gasteiger partial charge in [0.15, 0.2) is 0 Å². The fourth-order valence-electron chi connectivity index (χ4n) is 2.90. The van der Waals surface area contributed by atoms with Crippen LogP contribution in [0.25, 0.3) is 0 Å². The Kier molecular flexibility index (Phi) is 5.44. The number of hydrogen-bond acceptors (Lipinski definition) is 5. The predicted octanol–water partition coefficient (Wildman–Crippen LogP) is 1.56. The van der Waals surface area contributed by atoms with Crippen molar-refractivity contribution in [1.82, 2.24) is 4.31 Å². The van der Waals surface area contributed by atoms with Gasteiger partial charge in [0, 0.05) is 25.1 Å². The number of fused-ring (bicyclic) bond motifs is 1. The largest absolute Gasteiger partial charge is 0.492 e. The van der Waals surface area contributed by atoms with E-state index in [1.165, 1.54) is 28.6 Å². The topological polar surface area (TPSA) is 113 Å². The number of nitriles is 1. The van der Waals surface area contributed by atoms with Gasteiger partial charge in [0.25, 0.3) is 0 Å². The molecule has 0 atom stereocenters. The van der Waals surface area contributed by atoms with E-state index in [0.29, 0.717) is 17.7 Å². The van der Waals surface area contributed by atoms with Crippen LogP contribution in [0.15, 0.2) is 47.4 Å². The minimum absolute atomic E-state index is 0.134. The molecule has 3 rings (SSSR count). The predicted molar refractivity (Wildman–Crippen MR) is 98.2 cm³/mol. The van der Waals surface area contributed by atoms with Crippen molar-refractivity contribution in [3.8, 4) is 11.8 Å². The fourth-order valence-corrected chi connectivity index (χ4v) is 4.30. The summed E-state index contributed by atoms with van der Waals surface area (Å²) in [6.45, 7) is 0.624. The monoisotopic (exact) mass is 385 g/mol. The van der Waals surface area contributed by atoms with Crippen molar-refractivity contribution in [2.24, 2.45) is 5.73 Å². The number of carbonyl (C=O) groups is 1. The standard InChI is InChI=1S/C19H19N3O4S/c20-12-15-1-5-17(6-2-15)27(24,25)22-9-10-26-18-7-3-14(4-8-19(21)23)11-16(18)13-22/h1-3,5-7,11H,4,8-10,13H2,(H2,21,23). The van der Waals surface area contributed by atoms with E-state index in [9.17, 15) is 13.2 Å². The summed E-state index contributed by atoms with van der Waals surface area (Å²) < 4.78 is 33.0. The molecule has 8 heteroatoms. The Morgan fingerprint density at radius 3 is 2.63 bits per heavy atom. The lowest BCUT2D eigenvalue weighted by molar-refractivity contribution is -0.117. The zero-order valence-electron chi connectivity index (χ0n) is 14.6. The summed E-state index contributed by atoms with van der Waals surface area (Å²) >= 11 is 0. The molecule has 1 aliphatic rings. The van der Waals surface area contributed by atoms with Crippen LogP contribution >= 0.6 is 0 Å². The van der Waals surface area contributed by atoms with Gasteiger partial charge in [-0.05, 0) is 42.3 Å². The molecule has 0 saturated heterocycles. The van der Waals surface area contributed by atoms with Crippen molar-refractivity contribution in [3.63, 3.8) is 0 Å². The summed E-state index contributed by atoms with van der Waals surface area (Å²) in [7, 11) is -3.72. The van der Waals surface area contributed by atoms with Crippen molar-refractivity contribution in [2.75, 3.05) is 13.2 Å². The van der Waals surface area contributed by atoms with Crippen molar-refractivity contribution in [2.45, 2.75) is 24.3 Å². The fraction of sp³-hybridized carbons (Fsp3) is 0.263. The molecule has 1 heterocycles. The summed E-state index contributed by atoms with van der Waals surface area (Å²) in [6, 6.07) is 13.3. The van der Waals surface area contributed by atoms with Crippen LogP contribution < -0.4 is 10.5 Å². The van der Waals surface area contributed by atoms with E-state index in [4.69, 9.17) is 15.7 Å². The highest BCUT2D eigenvalue weighted by atomic mass is 32.2. The van der Waals surface area contributed by atoms with Gasteiger partial charge in [-0.25, -0.2) is 8.42 Å². The first-order valence-electron chi connectivity index (χ1n) is 8.43. The average molecular weight is 385 g/mol. The minimum Gasteiger partial charge on any atom is -0.492 e. The summed E-state index contributed by atoms with van der Waals surface area (Å²) in [5.41, 5.74) is 7.24. The lowest BCUT2D eigenvalue weighted by Crippen LogP contribution is -2.32. The summed E-state index contributed by atoms with van der Waals surface area (Å²) in [5, 5.41) is 8.88. The number of nitrogens with two attached hydrogens (primary N) is 1. The Morgan fingerprint density at radius 2 is 1.96 bits per heavy atom. The van der Waals surface area contributed by atoms with Crippen LogP contribution in [0.1, 0.15) is 23.1 Å². The highest BCUT2D eigenvalue weighted by molar-refractivity contribution is 7.89. The summed E-state index contributed by atoms with van der Waals surface area (Å²) in [4.78, 5) is 11.1. The molecule has 140 valence electrons. The number of amides is 1. The van der Waals surface area contributed by atoms with Gasteiger partial charge in [0.1, 0.15) is 12.4 Å². The van der Waals surface area contributed by atoms with Crippen LogP contribution in [-0.4, -0.2) is 31.8 Å². The lowest BCUT2D eigenvalue weighted by atomic mass is 10.1. The van der Waals surface area contributed by atoms with Crippen LogP contribution in [0.2, 0.25) is 0 Å². The van der Waals surface area contributed by atoms with Crippen molar-refractivity contribution in [3.05, 3.63) is 59.2 Å². The number of rotatable bonds is 5. The van der Waals surface area contributed by atoms with Gasteiger partial charge in [-0.3, -0.25) is 4.79 Å². The van der Waals surface area contributed by atoms with Gasteiger partial charge in [-0.2, -0.15) is 9.57 Å². The lowest BCUT2D eigenvalue weighted by Gasteiger charge is -2.19. The molecule has 0 bridgehead atoms. The van der Waals surface area contributed by atoms with E-state index in [1.54, 1.807) is 6.07 Å². The molecule has 0 radical (unpaired) electrons. The third kappa shape index (κ3) is 4.27. The Labute approximate surface area is 158 Å². The Hall–Kier alpha value is -2.89. The van der Waals surface area contributed by atoms with Crippen LogP contribution in [0, 0.1) is 11.3 Å². The summed E-state index contributed by atoms with van der Waals surface area (Å²) in [5.74, 6) is 0.251. The van der Waals surface area contributed by atoms with Gasteiger partial charge in [-0.15, -0.1) is 0 Å². The SMILES string of the molecule is N#Cc1ccc(S(=O)(=O)N2CCOc3ccc(CCC(N)=O)cc3C2)cc1. The maximum atomic E-state index is 13.0. The van der Waals surface area contributed by atoms with Gasteiger partial charge >= 0.3 is 0 Å². The molecular formula is C19H19N3O4S. The molecule has 0 spiro atoms. The van der Waals surface area contributed by atoms with Crippen LogP contribution in [0.4, 0.5) is 0 Å². The quantitative estimate of drug-likeness (QED) is 0.839. The first-order valence-corrected chi connectivity index (χ1v) is 9.87. The van der Waals surface area contributed by atoms with E-state index in [0.717, 1.165) is 11.1 Å². The molecule has 0 saturated carbocycles. The maximum absolute atomic E-state index is 13.0. The average Bonchev–Trinajstić information content (AvgIpc) is 2.88. The van der Waals surface area contributed by atoms with Crippen LogP contribution in [0.3, 0.4) is 0 Å². The van der Waals surface area contributed by atoms with Gasteiger partial charge in [-0.1, -0.05) is 12.1 Å². The smallest absolute Gasteiger partial charge is 0.243 e. The summed E-state index contributed by atoms with van der Waals surface area (Å²) in [6.07, 6.45) is 0.720. The molecule has 0 aliphatic carbocycles. The minimum atomic E-state index is -3.72. The van der Waals surface area contributed by atoms with Gasteiger partial charge in [0.05, 0.1) is 16.5 Å². The van der Waals surface area contributed by atoms with Crippen molar-refractivity contribution < 1.29 is 17.9 Å². The second-order valence-corrected chi connectivity index (χ2v) is 8.17. The molecule has 27 heavy (non-hydrogen) atoms. The first-order chi connectivity index (χ1) is 12.9. The highest BCUT2D eigenvalue weighted by Crippen LogP contribution is 2.28. The van der Waals surface area contributed by atoms with E-state index in [2.05, 4.69) is 0 Å². The van der Waals surface area contributed by atoms with Crippen molar-refractivity contribution >= 4 is 15.9 Å². The van der Waals surface area contributed by atoms with E-state index >= 15 is 0 Å². The Bertz CT molecular complexity index is 995. The van der Waals surface area contributed by atoms with E-state index in [-0.39, 0.29) is 36.9 Å². The van der Waals surface area contributed by atoms with Crippen LogP contribution in [-0.2, 0) is 27.8 Å². The number of hydrogen-bond donors (Lipinski definition) is 1. The molecule has 1 amide bonds. The number of ether oxygens (including phenoxy) is 1. The Morgan fingerprint density at radius 1 is 1.22 bits per heavy atom. The van der Waals surface area contributed by atoms with E-state index < -0.39 is 10.0 Å². The number of sulfonamides is 1. The maximum Gasteiger partial charge on any atom is 0.243 e. The molecule has 0 unspecified atom stereocenters. The number of nitrogens with zero attached hydrogens (tertiary/aromatic N) is 2. The third-order valence-electron chi connectivity index (χ3n) is 4.35. The molecule has 2 N–H and O–H groups in total. The number of benzene rings is 2. The zero-order chi connectivity index (χ0) is 19.4. The first kappa shape index (κ1) is 18.9. The van der Waals surface area contributed by atoms with E-state index in [1.807, 2.05) is 18.2 Å². The molecule has 2 aromatic carbocycles. The second kappa shape index (κ2) is 7.78. The van der Waals surface area contributed by atoms with Gasteiger partial charge in [0.2, 0.25) is 15.9 Å².